The zero-order chi connectivity index (χ0) is 17.4. The van der Waals surface area contributed by atoms with Crippen LogP contribution in [0.4, 0.5) is 5.69 Å². The number of hydrogen-bond acceptors (Lipinski definition) is 3. The molecule has 0 saturated heterocycles. The van der Waals surface area contributed by atoms with Crippen molar-refractivity contribution in [2.75, 3.05) is 5.73 Å². The number of anilines is 1. The number of nitrogens with two attached hydrogens (primary N) is 1. The van der Waals surface area contributed by atoms with Crippen LogP contribution in [0.5, 0.6) is 0 Å². The molecule has 0 atom stereocenters. The minimum absolute atomic E-state index is 0.0607. The van der Waals surface area contributed by atoms with Gasteiger partial charge in [-0.1, -0.05) is 36.4 Å². The van der Waals surface area contributed by atoms with Gasteiger partial charge < -0.3 is 5.73 Å². The van der Waals surface area contributed by atoms with Gasteiger partial charge in [0.1, 0.15) is 5.65 Å². The number of fused-ring (bicyclic) bond motifs is 3. The molecule has 6 rings (SSSR count). The second-order valence-corrected chi connectivity index (χ2v) is 6.66. The van der Waals surface area contributed by atoms with E-state index >= 15 is 0 Å². The third-order valence-electron chi connectivity index (χ3n) is 5.29. The predicted molar refractivity (Wildman–Crippen MR) is 107 cm³/mol. The van der Waals surface area contributed by atoms with Gasteiger partial charge in [-0.15, -0.1) is 0 Å². The van der Waals surface area contributed by atoms with E-state index in [-0.39, 0.29) is 5.56 Å². The first-order chi connectivity index (χ1) is 12.7. The highest BCUT2D eigenvalue weighted by molar-refractivity contribution is 6.19. The number of aromatic nitrogens is 2. The number of rotatable bonds is 0. The molecule has 0 aliphatic heterocycles. The van der Waals surface area contributed by atoms with Crippen LogP contribution in [0.15, 0.2) is 71.5 Å². The van der Waals surface area contributed by atoms with E-state index in [9.17, 15) is 4.79 Å². The number of hydrogen-bond donors (Lipinski definition) is 1. The van der Waals surface area contributed by atoms with Crippen LogP contribution < -0.4 is 11.3 Å². The zero-order valence-electron chi connectivity index (χ0n) is 13.7. The molecule has 2 aromatic heterocycles. The van der Waals surface area contributed by atoms with Gasteiger partial charge in [0.15, 0.2) is 0 Å². The summed E-state index contributed by atoms with van der Waals surface area (Å²) in [6.07, 6.45) is 0. The lowest BCUT2D eigenvalue weighted by molar-refractivity contribution is 1.15. The van der Waals surface area contributed by atoms with E-state index in [4.69, 9.17) is 10.7 Å². The number of nitrogen functional groups attached to an aromatic ring is 1. The van der Waals surface area contributed by atoms with Crippen LogP contribution in [0, 0.1) is 0 Å². The minimum Gasteiger partial charge on any atom is -0.398 e. The van der Waals surface area contributed by atoms with E-state index in [1.807, 2.05) is 66.7 Å². The van der Waals surface area contributed by atoms with Gasteiger partial charge in [-0.25, -0.2) is 4.98 Å². The Morgan fingerprint density at radius 1 is 0.769 bits per heavy atom. The molecule has 4 aromatic carbocycles. The van der Waals surface area contributed by atoms with Crippen molar-refractivity contribution in [2.24, 2.45) is 0 Å². The molecule has 0 radical (unpaired) electrons. The third-order valence-corrected chi connectivity index (χ3v) is 5.29. The maximum absolute atomic E-state index is 13.4. The van der Waals surface area contributed by atoms with E-state index in [2.05, 4.69) is 0 Å². The highest BCUT2D eigenvalue weighted by Gasteiger charge is 2.16. The Labute approximate surface area is 147 Å². The van der Waals surface area contributed by atoms with Gasteiger partial charge in [0.2, 0.25) is 0 Å². The summed E-state index contributed by atoms with van der Waals surface area (Å²) in [5, 5.41) is 5.48. The van der Waals surface area contributed by atoms with Crippen LogP contribution in [-0.4, -0.2) is 9.38 Å². The van der Waals surface area contributed by atoms with Gasteiger partial charge in [-0.05, 0) is 35.7 Å². The summed E-state index contributed by atoms with van der Waals surface area (Å²) in [6, 6.07) is 21.6. The first kappa shape index (κ1) is 13.6. The molecule has 0 amide bonds. The predicted octanol–water partition coefficient (Wildman–Crippen LogP) is 4.33. The Morgan fingerprint density at radius 2 is 1.54 bits per heavy atom. The smallest absolute Gasteiger partial charge is 0.264 e. The molecule has 26 heavy (non-hydrogen) atoms. The molecule has 0 saturated carbocycles. The van der Waals surface area contributed by atoms with Crippen LogP contribution >= 0.6 is 0 Å². The van der Waals surface area contributed by atoms with Crippen molar-refractivity contribution in [3.63, 3.8) is 0 Å². The first-order valence-electron chi connectivity index (χ1n) is 8.50. The number of benzene rings is 4. The van der Waals surface area contributed by atoms with Crippen LogP contribution in [0.3, 0.4) is 0 Å². The summed E-state index contributed by atoms with van der Waals surface area (Å²) in [4.78, 5) is 18.3. The van der Waals surface area contributed by atoms with E-state index in [1.165, 1.54) is 0 Å². The van der Waals surface area contributed by atoms with Crippen LogP contribution in [0.25, 0.3) is 49.0 Å². The second kappa shape index (κ2) is 4.49. The molecule has 0 fully saturated rings. The number of nitrogens with zero attached hydrogens (tertiary/aromatic N) is 2. The largest absolute Gasteiger partial charge is 0.398 e. The average Bonchev–Trinajstić information content (AvgIpc) is 2.67. The second-order valence-electron chi connectivity index (χ2n) is 6.66. The maximum atomic E-state index is 13.4. The molecular formula is C22H13N3O. The molecule has 4 heteroatoms. The van der Waals surface area contributed by atoms with Crippen LogP contribution in [0.2, 0.25) is 0 Å². The fraction of sp³-hybridized carbons (Fsp3) is 0. The summed E-state index contributed by atoms with van der Waals surface area (Å²) < 4.78 is 1.74. The van der Waals surface area contributed by atoms with Gasteiger partial charge in [0.05, 0.1) is 11.0 Å². The van der Waals surface area contributed by atoms with Crippen molar-refractivity contribution in [1.29, 1.82) is 0 Å². The molecule has 0 spiro atoms. The monoisotopic (exact) mass is 335 g/mol. The Hall–Kier alpha value is -3.66. The normalized spacial score (nSPS) is 12.2. The van der Waals surface area contributed by atoms with E-state index < -0.39 is 0 Å². The lowest BCUT2D eigenvalue weighted by Crippen LogP contribution is -2.16. The quantitative estimate of drug-likeness (QED) is 0.255. The average molecular weight is 335 g/mol. The van der Waals surface area contributed by atoms with Crippen LogP contribution in [-0.2, 0) is 0 Å². The van der Waals surface area contributed by atoms with Crippen LogP contribution in [0.1, 0.15) is 0 Å². The molecule has 0 bridgehead atoms. The highest BCUT2D eigenvalue weighted by atomic mass is 16.1. The molecule has 2 heterocycles. The molecule has 2 N–H and O–H groups in total. The van der Waals surface area contributed by atoms with Gasteiger partial charge >= 0.3 is 0 Å². The van der Waals surface area contributed by atoms with Crippen molar-refractivity contribution in [1.82, 2.24) is 9.38 Å². The summed E-state index contributed by atoms with van der Waals surface area (Å²) in [7, 11) is 0. The number of pyridine rings is 1. The zero-order valence-corrected chi connectivity index (χ0v) is 13.7. The van der Waals surface area contributed by atoms with Crippen molar-refractivity contribution in [3.05, 3.63) is 77.1 Å². The van der Waals surface area contributed by atoms with Gasteiger partial charge in [-0.2, -0.15) is 0 Å². The fourth-order valence-corrected chi connectivity index (χ4v) is 4.16. The highest BCUT2D eigenvalue weighted by Crippen LogP contribution is 2.33. The van der Waals surface area contributed by atoms with Gasteiger partial charge in [0, 0.05) is 32.6 Å². The lowest BCUT2D eigenvalue weighted by atomic mass is 10.00. The standard InChI is InChI=1S/C22H13N3O/c23-16-11-10-14-20-13(16)6-3-7-15(20)22(26)25-18-9-2-5-12-4-1-8-17(19(12)18)24-21(14)25/h1-11H,23H2. The molecule has 4 nitrogen and oxygen atoms in total. The molecule has 6 aromatic rings. The first-order valence-corrected chi connectivity index (χ1v) is 8.50. The topological polar surface area (TPSA) is 60.4 Å². The van der Waals surface area contributed by atoms with E-state index in [0.717, 1.165) is 38.0 Å². The van der Waals surface area contributed by atoms with Crippen molar-refractivity contribution < 1.29 is 0 Å². The maximum Gasteiger partial charge on any atom is 0.264 e. The van der Waals surface area contributed by atoms with Gasteiger partial charge in [0.25, 0.3) is 5.56 Å². The lowest BCUT2D eigenvalue weighted by Gasteiger charge is -2.14. The summed E-state index contributed by atoms with van der Waals surface area (Å²) in [5.41, 5.74) is 9.21. The SMILES string of the molecule is Nc1ccc2c3c1cccc3c(=O)n1c3cccc4cccc(nc21)c43. The molecule has 0 aliphatic rings. The summed E-state index contributed by atoms with van der Waals surface area (Å²) in [5.74, 6) is 0. The van der Waals surface area contributed by atoms with E-state index in [1.54, 1.807) is 4.40 Å². The Morgan fingerprint density at radius 3 is 2.42 bits per heavy atom. The molecule has 0 unspecified atom stereocenters. The van der Waals surface area contributed by atoms with Crippen molar-refractivity contribution in [2.45, 2.75) is 0 Å². The fourth-order valence-electron chi connectivity index (χ4n) is 4.16. The molecule has 0 aliphatic carbocycles. The summed E-state index contributed by atoms with van der Waals surface area (Å²) in [6.45, 7) is 0. The molecule has 122 valence electrons. The van der Waals surface area contributed by atoms with Crippen molar-refractivity contribution in [3.8, 4) is 0 Å². The van der Waals surface area contributed by atoms with E-state index in [0.29, 0.717) is 16.7 Å². The van der Waals surface area contributed by atoms with Gasteiger partial charge in [-0.3, -0.25) is 9.20 Å². The molecular weight excluding hydrogens is 322 g/mol. The third kappa shape index (κ3) is 1.49. The Bertz CT molecular complexity index is 1560. The Kier molecular flexibility index (Phi) is 2.35. The van der Waals surface area contributed by atoms with Crippen molar-refractivity contribution >= 4 is 54.7 Å². The minimum atomic E-state index is -0.0607. The Balaban J connectivity index is 2.07. The summed E-state index contributed by atoms with van der Waals surface area (Å²) >= 11 is 0.